The molecule has 0 bridgehead atoms. The van der Waals surface area contributed by atoms with Crippen LogP contribution in [0, 0.1) is 5.92 Å². The number of hydrogen-bond donors (Lipinski definition) is 1. The van der Waals surface area contributed by atoms with Crippen LogP contribution >= 0.6 is 0 Å². The highest BCUT2D eigenvalue weighted by Gasteiger charge is 2.30. The van der Waals surface area contributed by atoms with E-state index >= 15 is 0 Å². The van der Waals surface area contributed by atoms with Crippen LogP contribution in [0.4, 0.5) is 0 Å². The molecule has 3 unspecified atom stereocenters. The molecule has 0 aromatic rings. The minimum absolute atomic E-state index is 0.333. The zero-order valence-corrected chi connectivity index (χ0v) is 13.2. The number of carbonyl (C=O) groups excluding carboxylic acids is 1. The summed E-state index contributed by atoms with van der Waals surface area (Å²) >= 11 is 0. The van der Waals surface area contributed by atoms with Crippen molar-refractivity contribution in [3.63, 3.8) is 0 Å². The number of carbonyl (C=O) groups is 1. The number of rotatable bonds is 4. The van der Waals surface area contributed by atoms with Gasteiger partial charge in [-0.1, -0.05) is 0 Å². The molecule has 4 heteroatoms. The molecular weight excluding hydrogens is 264 g/mol. The average molecular weight is 294 g/mol. The van der Waals surface area contributed by atoms with Gasteiger partial charge in [-0.15, -0.1) is 0 Å². The number of nitrogens with zero attached hydrogens (tertiary/aromatic N) is 1. The SMILES string of the molecule is O=C(CCC1CCCCO1)N1CCCC(C2CCCN2)C1. The Hall–Kier alpha value is -0.610. The monoisotopic (exact) mass is 294 g/mol. The van der Waals surface area contributed by atoms with Gasteiger partial charge in [-0.2, -0.15) is 0 Å². The van der Waals surface area contributed by atoms with E-state index in [4.69, 9.17) is 4.74 Å². The lowest BCUT2D eigenvalue weighted by molar-refractivity contribution is -0.134. The first kappa shape index (κ1) is 15.3. The second-order valence-corrected chi connectivity index (χ2v) is 6.97. The quantitative estimate of drug-likeness (QED) is 0.865. The van der Waals surface area contributed by atoms with Gasteiger partial charge in [-0.05, 0) is 63.8 Å². The maximum Gasteiger partial charge on any atom is 0.222 e. The first-order valence-corrected chi connectivity index (χ1v) is 8.95. The third-order valence-electron chi connectivity index (χ3n) is 5.43. The first-order chi connectivity index (χ1) is 10.3. The van der Waals surface area contributed by atoms with Crippen molar-refractivity contribution in [1.29, 1.82) is 0 Å². The second-order valence-electron chi connectivity index (χ2n) is 6.97. The fourth-order valence-electron chi connectivity index (χ4n) is 4.16. The van der Waals surface area contributed by atoms with Crippen molar-refractivity contribution in [3.05, 3.63) is 0 Å². The predicted molar refractivity (Wildman–Crippen MR) is 83.2 cm³/mol. The molecule has 21 heavy (non-hydrogen) atoms. The standard InChI is InChI=1S/C17H30N2O2/c20-17(9-8-15-6-1-2-12-21-15)19-11-4-5-14(13-19)16-7-3-10-18-16/h14-16,18H,1-13H2. The Morgan fingerprint density at radius 2 is 2.10 bits per heavy atom. The smallest absolute Gasteiger partial charge is 0.222 e. The van der Waals surface area contributed by atoms with Crippen molar-refractivity contribution in [2.75, 3.05) is 26.2 Å². The van der Waals surface area contributed by atoms with E-state index in [1.54, 1.807) is 0 Å². The molecule has 3 atom stereocenters. The van der Waals surface area contributed by atoms with Gasteiger partial charge in [0.05, 0.1) is 6.10 Å². The Morgan fingerprint density at radius 1 is 1.14 bits per heavy atom. The Kier molecular flexibility index (Phi) is 5.53. The molecular formula is C17H30N2O2. The van der Waals surface area contributed by atoms with Gasteiger partial charge in [-0.25, -0.2) is 0 Å². The lowest BCUT2D eigenvalue weighted by Crippen LogP contribution is -2.46. The van der Waals surface area contributed by atoms with Crippen LogP contribution < -0.4 is 5.32 Å². The van der Waals surface area contributed by atoms with E-state index in [9.17, 15) is 4.79 Å². The molecule has 3 aliphatic heterocycles. The average Bonchev–Trinajstić information content (AvgIpc) is 3.08. The summed E-state index contributed by atoms with van der Waals surface area (Å²) in [5.74, 6) is 1.03. The molecule has 3 saturated heterocycles. The van der Waals surface area contributed by atoms with E-state index in [0.717, 1.165) is 39.1 Å². The summed E-state index contributed by atoms with van der Waals surface area (Å²) in [6, 6.07) is 0.655. The number of ether oxygens (including phenoxy) is 1. The van der Waals surface area contributed by atoms with Gasteiger partial charge in [0, 0.05) is 32.2 Å². The molecule has 3 rings (SSSR count). The number of amides is 1. The molecule has 0 aliphatic carbocycles. The molecule has 1 amide bonds. The lowest BCUT2D eigenvalue weighted by atomic mass is 9.89. The summed E-state index contributed by atoms with van der Waals surface area (Å²) in [5, 5.41) is 3.61. The van der Waals surface area contributed by atoms with E-state index in [-0.39, 0.29) is 0 Å². The highest BCUT2D eigenvalue weighted by Crippen LogP contribution is 2.25. The zero-order chi connectivity index (χ0) is 14.5. The Labute approximate surface area is 128 Å². The van der Waals surface area contributed by atoms with Crippen molar-refractivity contribution in [1.82, 2.24) is 10.2 Å². The summed E-state index contributed by atoms with van der Waals surface area (Å²) in [6.07, 6.45) is 10.6. The van der Waals surface area contributed by atoms with Crippen molar-refractivity contribution >= 4 is 5.91 Å². The van der Waals surface area contributed by atoms with Crippen LogP contribution in [-0.4, -0.2) is 49.2 Å². The molecule has 3 fully saturated rings. The van der Waals surface area contributed by atoms with E-state index in [1.807, 2.05) is 0 Å². The lowest BCUT2D eigenvalue weighted by Gasteiger charge is -2.36. The molecule has 0 radical (unpaired) electrons. The fourth-order valence-corrected chi connectivity index (χ4v) is 4.16. The molecule has 120 valence electrons. The van der Waals surface area contributed by atoms with E-state index < -0.39 is 0 Å². The van der Waals surface area contributed by atoms with Crippen molar-refractivity contribution < 1.29 is 9.53 Å². The number of nitrogens with one attached hydrogen (secondary N) is 1. The van der Waals surface area contributed by atoms with Gasteiger partial charge in [-0.3, -0.25) is 4.79 Å². The Bertz CT molecular complexity index is 336. The predicted octanol–water partition coefficient (Wildman–Crippen LogP) is 2.33. The van der Waals surface area contributed by atoms with Gasteiger partial charge in [0.15, 0.2) is 0 Å². The van der Waals surface area contributed by atoms with Crippen molar-refractivity contribution in [2.24, 2.45) is 5.92 Å². The van der Waals surface area contributed by atoms with Crippen molar-refractivity contribution in [2.45, 2.75) is 69.9 Å². The van der Waals surface area contributed by atoms with Gasteiger partial charge >= 0.3 is 0 Å². The van der Waals surface area contributed by atoms with Crippen LogP contribution in [0.5, 0.6) is 0 Å². The summed E-state index contributed by atoms with van der Waals surface area (Å²) in [6.45, 7) is 3.99. The molecule has 4 nitrogen and oxygen atoms in total. The van der Waals surface area contributed by atoms with E-state index in [0.29, 0.717) is 30.4 Å². The summed E-state index contributed by atoms with van der Waals surface area (Å²) in [4.78, 5) is 14.6. The van der Waals surface area contributed by atoms with Gasteiger partial charge < -0.3 is 15.0 Å². The topological polar surface area (TPSA) is 41.6 Å². The van der Waals surface area contributed by atoms with E-state index in [2.05, 4.69) is 10.2 Å². The molecule has 3 heterocycles. The molecule has 3 aliphatic rings. The van der Waals surface area contributed by atoms with Crippen LogP contribution in [0.3, 0.4) is 0 Å². The van der Waals surface area contributed by atoms with Gasteiger partial charge in [0.25, 0.3) is 0 Å². The highest BCUT2D eigenvalue weighted by molar-refractivity contribution is 5.76. The summed E-state index contributed by atoms with van der Waals surface area (Å²) in [7, 11) is 0. The van der Waals surface area contributed by atoms with E-state index in [1.165, 1.54) is 38.5 Å². The third-order valence-corrected chi connectivity index (χ3v) is 5.43. The van der Waals surface area contributed by atoms with Crippen LogP contribution in [0.2, 0.25) is 0 Å². The minimum Gasteiger partial charge on any atom is -0.378 e. The second kappa shape index (κ2) is 7.59. The van der Waals surface area contributed by atoms with Crippen LogP contribution in [0.15, 0.2) is 0 Å². The molecule has 0 spiro atoms. The summed E-state index contributed by atoms with van der Waals surface area (Å²) in [5.41, 5.74) is 0. The van der Waals surface area contributed by atoms with Gasteiger partial charge in [0.2, 0.25) is 5.91 Å². The van der Waals surface area contributed by atoms with Gasteiger partial charge in [0.1, 0.15) is 0 Å². The first-order valence-electron chi connectivity index (χ1n) is 8.95. The number of piperidine rings is 1. The highest BCUT2D eigenvalue weighted by atomic mass is 16.5. The Morgan fingerprint density at radius 3 is 2.86 bits per heavy atom. The number of hydrogen-bond acceptors (Lipinski definition) is 3. The molecule has 0 saturated carbocycles. The Balaban J connectivity index is 1.42. The van der Waals surface area contributed by atoms with Crippen LogP contribution in [0.25, 0.3) is 0 Å². The zero-order valence-electron chi connectivity index (χ0n) is 13.2. The summed E-state index contributed by atoms with van der Waals surface area (Å²) < 4.78 is 5.74. The maximum absolute atomic E-state index is 12.5. The van der Waals surface area contributed by atoms with Crippen LogP contribution in [-0.2, 0) is 9.53 Å². The molecule has 1 N–H and O–H groups in total. The van der Waals surface area contributed by atoms with Crippen LogP contribution in [0.1, 0.15) is 57.8 Å². The number of likely N-dealkylation sites (tertiary alicyclic amines) is 1. The maximum atomic E-state index is 12.5. The van der Waals surface area contributed by atoms with Crippen molar-refractivity contribution in [3.8, 4) is 0 Å². The third kappa shape index (κ3) is 4.19. The fraction of sp³-hybridized carbons (Fsp3) is 0.941. The normalized spacial score (nSPS) is 34.1. The minimum atomic E-state index is 0.333. The molecule has 0 aromatic heterocycles. The molecule has 0 aromatic carbocycles. The largest absolute Gasteiger partial charge is 0.378 e.